The largest absolute Gasteiger partial charge is 0.353 e. The van der Waals surface area contributed by atoms with Gasteiger partial charge in [0.15, 0.2) is 0 Å². The monoisotopic (exact) mass is 551 g/mol. The fraction of sp³-hybridized carbons (Fsp3) is 0.548. The highest BCUT2D eigenvalue weighted by atomic mass is 16.2. The van der Waals surface area contributed by atoms with Gasteiger partial charge < -0.3 is 26.6 Å². The predicted molar refractivity (Wildman–Crippen MR) is 157 cm³/mol. The maximum absolute atomic E-state index is 13.5. The van der Waals surface area contributed by atoms with E-state index in [9.17, 15) is 19.2 Å². The average molecular weight is 552 g/mol. The highest BCUT2D eigenvalue weighted by Crippen LogP contribution is 2.30. The molecule has 0 spiro atoms. The number of carbonyl (C=O) groups excluding carboxylic acids is 4. The van der Waals surface area contributed by atoms with Gasteiger partial charge in [-0.2, -0.15) is 0 Å². The first-order chi connectivity index (χ1) is 18.8. The topological polar surface area (TPSA) is 134 Å². The molecule has 218 valence electrons. The predicted octanol–water partition coefficient (Wildman–Crippen LogP) is 2.65. The number of hydrogen-bond donors (Lipinski definition) is 4. The molecule has 40 heavy (non-hydrogen) atoms. The van der Waals surface area contributed by atoms with Crippen molar-refractivity contribution in [3.8, 4) is 0 Å². The highest BCUT2D eigenvalue weighted by molar-refractivity contribution is 5.94. The summed E-state index contributed by atoms with van der Waals surface area (Å²) in [7, 11) is 0. The number of carbonyl (C=O) groups is 4. The normalized spacial score (nSPS) is 16.4. The van der Waals surface area contributed by atoms with E-state index in [0.717, 1.165) is 35.6 Å². The number of nitrogens with one attached hydrogen (secondary N) is 3. The van der Waals surface area contributed by atoms with Crippen molar-refractivity contribution in [3.05, 3.63) is 48.0 Å². The molecule has 9 nitrogen and oxygen atoms in total. The van der Waals surface area contributed by atoms with Gasteiger partial charge in [-0.15, -0.1) is 0 Å². The third-order valence-corrected chi connectivity index (χ3v) is 7.45. The van der Waals surface area contributed by atoms with Crippen LogP contribution in [0.1, 0.15) is 65.9 Å². The Labute approximate surface area is 237 Å². The number of rotatable bonds is 12. The SMILES string of the molecule is CCCC(C)(C)C(=O)N1CCCC1C(=O)N[C@H](Cc1ccc2ccccc2c1)C(=O)NCCNC(=O)C(C)(C)N. The number of fused-ring (bicyclic) bond motifs is 1. The smallest absolute Gasteiger partial charge is 0.243 e. The number of nitrogens with two attached hydrogens (primary N) is 1. The second kappa shape index (κ2) is 13.3. The maximum atomic E-state index is 13.5. The molecule has 0 radical (unpaired) electrons. The summed E-state index contributed by atoms with van der Waals surface area (Å²) in [6, 6.07) is 12.5. The minimum absolute atomic E-state index is 0.0268. The van der Waals surface area contributed by atoms with Gasteiger partial charge in [-0.05, 0) is 49.4 Å². The van der Waals surface area contributed by atoms with Crippen LogP contribution in [0.15, 0.2) is 42.5 Å². The second-order valence-corrected chi connectivity index (χ2v) is 12.0. The second-order valence-electron chi connectivity index (χ2n) is 12.0. The first-order valence-corrected chi connectivity index (χ1v) is 14.3. The third-order valence-electron chi connectivity index (χ3n) is 7.45. The zero-order valence-electron chi connectivity index (χ0n) is 24.5. The maximum Gasteiger partial charge on any atom is 0.243 e. The first-order valence-electron chi connectivity index (χ1n) is 14.3. The molecule has 1 heterocycles. The number of benzene rings is 2. The van der Waals surface area contributed by atoms with E-state index < -0.39 is 23.0 Å². The first kappa shape index (κ1) is 31.1. The number of nitrogens with zero attached hydrogens (tertiary/aromatic N) is 1. The average Bonchev–Trinajstić information content (AvgIpc) is 3.39. The lowest BCUT2D eigenvalue weighted by Crippen LogP contribution is -2.56. The molecule has 1 saturated heterocycles. The van der Waals surface area contributed by atoms with Gasteiger partial charge in [0.1, 0.15) is 12.1 Å². The van der Waals surface area contributed by atoms with Crippen LogP contribution in [-0.2, 0) is 25.6 Å². The molecule has 0 bridgehead atoms. The Balaban J connectivity index is 1.74. The van der Waals surface area contributed by atoms with E-state index >= 15 is 0 Å². The van der Waals surface area contributed by atoms with Crippen molar-refractivity contribution in [1.29, 1.82) is 0 Å². The van der Waals surface area contributed by atoms with Crippen molar-refractivity contribution in [2.75, 3.05) is 19.6 Å². The van der Waals surface area contributed by atoms with Crippen molar-refractivity contribution in [2.24, 2.45) is 11.1 Å². The standard InChI is InChI=1S/C31H45N5O4/c1-6-15-30(2,3)29(40)36-18-9-12-25(36)27(38)35-24(26(37)33-16-17-34-28(39)31(4,5)32)20-21-13-14-22-10-7-8-11-23(22)19-21/h7-8,10-11,13-14,19,24-25H,6,9,12,15-18,20,32H2,1-5H3,(H,33,37)(H,34,39)(H,35,38)/t24-,25?/m1/s1. The van der Waals surface area contributed by atoms with Gasteiger partial charge in [-0.1, -0.05) is 69.7 Å². The molecule has 3 rings (SSSR count). The van der Waals surface area contributed by atoms with Crippen LogP contribution < -0.4 is 21.7 Å². The summed E-state index contributed by atoms with van der Waals surface area (Å²) in [5, 5.41) is 10.6. The van der Waals surface area contributed by atoms with Crippen molar-refractivity contribution < 1.29 is 19.2 Å². The van der Waals surface area contributed by atoms with Crippen LogP contribution in [-0.4, -0.2) is 65.8 Å². The van der Waals surface area contributed by atoms with Crippen molar-refractivity contribution in [2.45, 2.75) is 84.3 Å². The molecule has 2 atom stereocenters. The minimum Gasteiger partial charge on any atom is -0.353 e. The molecule has 5 N–H and O–H groups in total. The van der Waals surface area contributed by atoms with Crippen LogP contribution >= 0.6 is 0 Å². The molecule has 1 aliphatic rings. The molecule has 0 aromatic heterocycles. The fourth-order valence-corrected chi connectivity index (χ4v) is 5.19. The Kier molecular flexibility index (Phi) is 10.3. The van der Waals surface area contributed by atoms with E-state index in [-0.39, 0.29) is 43.1 Å². The van der Waals surface area contributed by atoms with Crippen LogP contribution in [0.5, 0.6) is 0 Å². The third kappa shape index (κ3) is 8.03. The van der Waals surface area contributed by atoms with Gasteiger partial charge in [-0.25, -0.2) is 0 Å². The molecule has 1 aliphatic heterocycles. The lowest BCUT2D eigenvalue weighted by molar-refractivity contribution is -0.146. The van der Waals surface area contributed by atoms with Crippen molar-refractivity contribution >= 4 is 34.4 Å². The number of hydrogen-bond acceptors (Lipinski definition) is 5. The molecular weight excluding hydrogens is 506 g/mol. The molecule has 9 heteroatoms. The Morgan fingerprint density at radius 3 is 2.35 bits per heavy atom. The van der Waals surface area contributed by atoms with Crippen molar-refractivity contribution in [1.82, 2.24) is 20.9 Å². The van der Waals surface area contributed by atoms with Gasteiger partial charge >= 0.3 is 0 Å². The summed E-state index contributed by atoms with van der Waals surface area (Å²) in [6.45, 7) is 10.0. The van der Waals surface area contributed by atoms with E-state index in [2.05, 4.69) is 16.0 Å². The van der Waals surface area contributed by atoms with Gasteiger partial charge in [0.25, 0.3) is 0 Å². The van der Waals surface area contributed by atoms with Crippen molar-refractivity contribution in [3.63, 3.8) is 0 Å². The Morgan fingerprint density at radius 1 is 1.00 bits per heavy atom. The zero-order chi connectivity index (χ0) is 29.5. The molecule has 0 aliphatic carbocycles. The molecular formula is C31H45N5O4. The summed E-state index contributed by atoms with van der Waals surface area (Å²) >= 11 is 0. The summed E-state index contributed by atoms with van der Waals surface area (Å²) in [5.41, 5.74) is 5.14. The van der Waals surface area contributed by atoms with E-state index in [0.29, 0.717) is 13.0 Å². The van der Waals surface area contributed by atoms with Gasteiger partial charge in [-0.3, -0.25) is 19.2 Å². The quantitative estimate of drug-likeness (QED) is 0.301. The molecule has 4 amide bonds. The summed E-state index contributed by atoms with van der Waals surface area (Å²) in [6.07, 6.45) is 3.20. The van der Waals surface area contributed by atoms with Crippen LogP contribution in [0.3, 0.4) is 0 Å². The van der Waals surface area contributed by atoms with Gasteiger partial charge in [0.2, 0.25) is 23.6 Å². The number of likely N-dealkylation sites (tertiary alicyclic amines) is 1. The molecule has 1 fully saturated rings. The molecule has 2 aromatic carbocycles. The van der Waals surface area contributed by atoms with E-state index in [1.807, 2.05) is 63.2 Å². The number of amides is 4. The van der Waals surface area contributed by atoms with Crippen LogP contribution in [0, 0.1) is 5.41 Å². The lowest BCUT2D eigenvalue weighted by atomic mass is 9.86. The summed E-state index contributed by atoms with van der Waals surface area (Å²) in [4.78, 5) is 53.9. The van der Waals surface area contributed by atoms with Crippen LogP contribution in [0.2, 0.25) is 0 Å². The van der Waals surface area contributed by atoms with Gasteiger partial charge in [0, 0.05) is 31.5 Å². The van der Waals surface area contributed by atoms with E-state index in [4.69, 9.17) is 5.73 Å². The van der Waals surface area contributed by atoms with Crippen LogP contribution in [0.25, 0.3) is 10.8 Å². The fourth-order valence-electron chi connectivity index (χ4n) is 5.19. The highest BCUT2D eigenvalue weighted by Gasteiger charge is 2.41. The Hall–Kier alpha value is -3.46. The van der Waals surface area contributed by atoms with Gasteiger partial charge in [0.05, 0.1) is 5.54 Å². The Bertz CT molecular complexity index is 1220. The van der Waals surface area contributed by atoms with E-state index in [1.165, 1.54) is 0 Å². The molecule has 1 unspecified atom stereocenters. The van der Waals surface area contributed by atoms with Crippen LogP contribution in [0.4, 0.5) is 0 Å². The lowest BCUT2D eigenvalue weighted by Gasteiger charge is -2.33. The summed E-state index contributed by atoms with van der Waals surface area (Å²) in [5.74, 6) is -1.02. The molecule has 2 aromatic rings. The molecule has 0 saturated carbocycles. The van der Waals surface area contributed by atoms with E-state index in [1.54, 1.807) is 18.7 Å². The zero-order valence-corrected chi connectivity index (χ0v) is 24.5. The Morgan fingerprint density at radius 2 is 1.68 bits per heavy atom. The summed E-state index contributed by atoms with van der Waals surface area (Å²) < 4.78 is 0. The minimum atomic E-state index is -1.02.